The largest absolute Gasteiger partial charge is 0.392 e. The average molecular weight is 482 g/mol. The average Bonchev–Trinajstić information content (AvgIpc) is 2.85. The molecule has 1 aromatic carbocycles. The van der Waals surface area contributed by atoms with Gasteiger partial charge in [-0.2, -0.15) is 0 Å². The molecule has 0 radical (unpaired) electrons. The SMILES string of the molecule is C[C@@H]1[C@@H]2[C@@H](O)[C@@H]([C@H](C)C(=O)NCc3ccc(F)cc3)CC[C@]2(C)CC[C@@H]1NC(=O)c1ccccn1. The van der Waals surface area contributed by atoms with Crippen molar-refractivity contribution in [3.63, 3.8) is 0 Å². The molecule has 188 valence electrons. The van der Waals surface area contributed by atoms with Gasteiger partial charge in [-0.1, -0.05) is 39.0 Å². The van der Waals surface area contributed by atoms with Crippen molar-refractivity contribution in [2.45, 2.75) is 65.1 Å². The molecule has 6 nitrogen and oxygen atoms in total. The van der Waals surface area contributed by atoms with Crippen LogP contribution in [0.1, 0.15) is 62.5 Å². The molecule has 0 bridgehead atoms. The highest BCUT2D eigenvalue weighted by atomic mass is 19.1. The maximum absolute atomic E-state index is 13.1. The Bertz CT molecular complexity index is 1030. The Morgan fingerprint density at radius 2 is 1.89 bits per heavy atom. The van der Waals surface area contributed by atoms with Crippen molar-refractivity contribution in [3.8, 4) is 0 Å². The molecule has 7 heteroatoms. The number of fused-ring (bicyclic) bond motifs is 1. The van der Waals surface area contributed by atoms with Gasteiger partial charge in [0.25, 0.3) is 5.91 Å². The molecular weight excluding hydrogens is 445 g/mol. The first-order chi connectivity index (χ1) is 16.7. The Morgan fingerprint density at radius 1 is 1.17 bits per heavy atom. The van der Waals surface area contributed by atoms with Crippen LogP contribution in [0.15, 0.2) is 48.7 Å². The second-order valence-corrected chi connectivity index (χ2v) is 10.7. The molecule has 2 amide bonds. The molecule has 2 fully saturated rings. The van der Waals surface area contributed by atoms with Gasteiger partial charge in [0.1, 0.15) is 11.5 Å². The lowest BCUT2D eigenvalue weighted by Crippen LogP contribution is -2.58. The molecule has 35 heavy (non-hydrogen) atoms. The van der Waals surface area contributed by atoms with Crippen LogP contribution < -0.4 is 10.6 Å². The highest BCUT2D eigenvalue weighted by Crippen LogP contribution is 2.55. The smallest absolute Gasteiger partial charge is 0.270 e. The van der Waals surface area contributed by atoms with Crippen LogP contribution in [0.25, 0.3) is 0 Å². The van der Waals surface area contributed by atoms with E-state index in [9.17, 15) is 19.1 Å². The highest BCUT2D eigenvalue weighted by Gasteiger charge is 2.53. The van der Waals surface area contributed by atoms with Crippen molar-refractivity contribution >= 4 is 11.8 Å². The number of halogens is 1. The number of hydrogen-bond donors (Lipinski definition) is 3. The fourth-order valence-corrected chi connectivity index (χ4v) is 6.38. The number of amides is 2. The minimum absolute atomic E-state index is 0.0172. The van der Waals surface area contributed by atoms with E-state index >= 15 is 0 Å². The molecule has 0 aliphatic heterocycles. The molecule has 2 aromatic rings. The quantitative estimate of drug-likeness (QED) is 0.580. The summed E-state index contributed by atoms with van der Waals surface area (Å²) in [7, 11) is 0. The van der Waals surface area contributed by atoms with Gasteiger partial charge in [-0.25, -0.2) is 4.39 Å². The summed E-state index contributed by atoms with van der Waals surface area (Å²) in [5, 5.41) is 17.6. The van der Waals surface area contributed by atoms with Gasteiger partial charge in [-0.15, -0.1) is 0 Å². The van der Waals surface area contributed by atoms with E-state index < -0.39 is 6.10 Å². The third-order valence-corrected chi connectivity index (χ3v) is 8.54. The number of aliphatic hydroxyl groups is 1. The summed E-state index contributed by atoms with van der Waals surface area (Å²) in [4.78, 5) is 29.8. The van der Waals surface area contributed by atoms with Gasteiger partial charge < -0.3 is 15.7 Å². The Kier molecular flexibility index (Phi) is 7.55. The van der Waals surface area contributed by atoms with E-state index in [-0.39, 0.29) is 52.8 Å². The second kappa shape index (κ2) is 10.4. The summed E-state index contributed by atoms with van der Waals surface area (Å²) in [5.74, 6) is -1.07. The molecule has 2 saturated carbocycles. The van der Waals surface area contributed by atoms with E-state index in [0.717, 1.165) is 31.2 Å². The molecule has 1 heterocycles. The van der Waals surface area contributed by atoms with E-state index in [1.165, 1.54) is 12.1 Å². The topological polar surface area (TPSA) is 91.3 Å². The summed E-state index contributed by atoms with van der Waals surface area (Å²) in [6.45, 7) is 6.55. The Morgan fingerprint density at radius 3 is 2.57 bits per heavy atom. The van der Waals surface area contributed by atoms with Crippen molar-refractivity contribution < 1.29 is 19.1 Å². The number of nitrogens with one attached hydrogen (secondary N) is 2. The highest BCUT2D eigenvalue weighted by molar-refractivity contribution is 5.92. The Balaban J connectivity index is 1.41. The minimum atomic E-state index is -0.634. The summed E-state index contributed by atoms with van der Waals surface area (Å²) >= 11 is 0. The van der Waals surface area contributed by atoms with E-state index in [1.54, 1.807) is 36.5 Å². The van der Waals surface area contributed by atoms with Crippen LogP contribution in [0.5, 0.6) is 0 Å². The summed E-state index contributed by atoms with van der Waals surface area (Å²) < 4.78 is 13.1. The van der Waals surface area contributed by atoms with Crippen molar-refractivity contribution in [1.29, 1.82) is 0 Å². The van der Waals surface area contributed by atoms with Crippen LogP contribution in [-0.2, 0) is 11.3 Å². The molecule has 4 rings (SSSR count). The second-order valence-electron chi connectivity index (χ2n) is 10.7. The lowest BCUT2D eigenvalue weighted by atomic mass is 9.51. The van der Waals surface area contributed by atoms with E-state index in [2.05, 4.69) is 29.5 Å². The predicted molar refractivity (Wildman–Crippen MR) is 132 cm³/mol. The van der Waals surface area contributed by atoms with Crippen molar-refractivity contribution in [2.75, 3.05) is 0 Å². The molecule has 7 atom stereocenters. The predicted octanol–water partition coefficient (Wildman–Crippen LogP) is 4.09. The van der Waals surface area contributed by atoms with Gasteiger partial charge in [-0.3, -0.25) is 14.6 Å². The normalized spacial score (nSPS) is 31.2. The van der Waals surface area contributed by atoms with Crippen LogP contribution in [0.4, 0.5) is 4.39 Å². The van der Waals surface area contributed by atoms with Gasteiger partial charge >= 0.3 is 0 Å². The molecule has 2 aliphatic carbocycles. The third kappa shape index (κ3) is 5.40. The monoisotopic (exact) mass is 481 g/mol. The lowest BCUT2D eigenvalue weighted by molar-refractivity contribution is -0.142. The maximum atomic E-state index is 13.1. The number of carbonyl (C=O) groups is 2. The number of pyridine rings is 1. The standard InChI is InChI=1S/C28H36FN3O3/c1-17(26(34)31-16-19-7-9-20(29)10-8-19)21-11-13-28(3)14-12-22(18(2)24(28)25(21)33)32-27(35)23-6-4-5-15-30-23/h4-10,15,17-18,21-22,24-25,33H,11-14,16H2,1-3H3,(H,31,34)(H,32,35)/t17-,18-,21+,22-,24+,25-,28+/m0/s1. The molecule has 0 saturated heterocycles. The number of benzene rings is 1. The van der Waals surface area contributed by atoms with Crippen LogP contribution in [0.3, 0.4) is 0 Å². The zero-order chi connectivity index (χ0) is 25.2. The summed E-state index contributed by atoms with van der Waals surface area (Å²) in [6.07, 6.45) is 4.48. The van der Waals surface area contributed by atoms with Crippen molar-refractivity contribution in [1.82, 2.24) is 15.6 Å². The minimum Gasteiger partial charge on any atom is -0.392 e. The number of carbonyl (C=O) groups excluding carboxylic acids is 2. The molecule has 3 N–H and O–H groups in total. The molecule has 2 aliphatic rings. The van der Waals surface area contributed by atoms with Gasteiger partial charge in [0.15, 0.2) is 0 Å². The number of aromatic nitrogens is 1. The van der Waals surface area contributed by atoms with Crippen molar-refractivity contribution in [2.24, 2.45) is 29.1 Å². The fraction of sp³-hybridized carbons (Fsp3) is 0.536. The summed E-state index contributed by atoms with van der Waals surface area (Å²) in [5.41, 5.74) is 1.20. The number of rotatable bonds is 6. The third-order valence-electron chi connectivity index (χ3n) is 8.54. The maximum Gasteiger partial charge on any atom is 0.270 e. The molecule has 0 unspecified atom stereocenters. The number of aliphatic hydroxyl groups excluding tert-OH is 1. The first-order valence-corrected chi connectivity index (χ1v) is 12.6. The lowest BCUT2D eigenvalue weighted by Gasteiger charge is -2.56. The van der Waals surface area contributed by atoms with E-state index in [1.807, 2.05) is 6.92 Å². The molecule has 1 aromatic heterocycles. The Labute approximate surface area is 206 Å². The van der Waals surface area contributed by atoms with E-state index in [4.69, 9.17) is 0 Å². The van der Waals surface area contributed by atoms with Gasteiger partial charge in [0.05, 0.1) is 6.10 Å². The van der Waals surface area contributed by atoms with Crippen LogP contribution >= 0.6 is 0 Å². The molecular formula is C28H36FN3O3. The first kappa shape index (κ1) is 25.3. The van der Waals surface area contributed by atoms with Crippen LogP contribution in [-0.4, -0.2) is 34.1 Å². The van der Waals surface area contributed by atoms with E-state index in [0.29, 0.717) is 12.2 Å². The van der Waals surface area contributed by atoms with Gasteiger partial charge in [-0.05, 0) is 78.7 Å². The van der Waals surface area contributed by atoms with Gasteiger partial charge in [0, 0.05) is 24.7 Å². The zero-order valence-electron chi connectivity index (χ0n) is 20.7. The first-order valence-electron chi connectivity index (χ1n) is 12.6. The van der Waals surface area contributed by atoms with Gasteiger partial charge in [0.2, 0.25) is 5.91 Å². The zero-order valence-corrected chi connectivity index (χ0v) is 20.7. The molecule has 0 spiro atoms. The number of hydrogen-bond acceptors (Lipinski definition) is 4. The summed E-state index contributed by atoms with van der Waals surface area (Å²) in [6, 6.07) is 11.3. The van der Waals surface area contributed by atoms with Crippen LogP contribution in [0.2, 0.25) is 0 Å². The van der Waals surface area contributed by atoms with Crippen molar-refractivity contribution in [3.05, 3.63) is 65.7 Å². The number of nitrogens with zero attached hydrogens (tertiary/aromatic N) is 1. The Hall–Kier alpha value is -2.80. The fourth-order valence-electron chi connectivity index (χ4n) is 6.38. The van der Waals surface area contributed by atoms with Crippen LogP contribution in [0, 0.1) is 34.9 Å².